The van der Waals surface area contributed by atoms with Crippen molar-refractivity contribution in [3.63, 3.8) is 0 Å². The molecule has 3 aromatic rings. The molecule has 0 spiro atoms. The van der Waals surface area contributed by atoms with Crippen molar-refractivity contribution in [2.45, 2.75) is 52.6 Å². The first-order valence-electron chi connectivity index (χ1n) is 12.0. The highest BCUT2D eigenvalue weighted by Gasteiger charge is 2.23. The monoisotopic (exact) mass is 578 g/mol. The van der Waals surface area contributed by atoms with Crippen molar-refractivity contribution in [1.82, 2.24) is 18.7 Å². The van der Waals surface area contributed by atoms with Crippen LogP contribution in [0.1, 0.15) is 38.1 Å². The maximum absolute atomic E-state index is 13.2. The van der Waals surface area contributed by atoms with Gasteiger partial charge in [-0.05, 0) is 50.8 Å². The number of hydrogen-bond acceptors (Lipinski definition) is 6. The minimum Gasteiger partial charge on any atom is -0.325 e. The summed E-state index contributed by atoms with van der Waals surface area (Å²) in [5, 5.41) is 0. The van der Waals surface area contributed by atoms with E-state index in [1.165, 1.54) is 4.57 Å². The topological polar surface area (TPSA) is 97.3 Å². The first kappa shape index (κ1) is 28.1. The molecular formula is C25H32BrN4O5P. The molecule has 0 aliphatic rings. The summed E-state index contributed by atoms with van der Waals surface area (Å²) >= 11 is 3.44. The van der Waals surface area contributed by atoms with E-state index in [1.807, 2.05) is 24.3 Å². The number of hydrogen-bond donors (Lipinski definition) is 0. The van der Waals surface area contributed by atoms with Gasteiger partial charge in [0, 0.05) is 24.5 Å². The molecule has 3 rings (SSSR count). The van der Waals surface area contributed by atoms with Crippen LogP contribution in [-0.2, 0) is 46.6 Å². The number of rotatable bonds is 13. The van der Waals surface area contributed by atoms with Gasteiger partial charge in [0.15, 0.2) is 11.2 Å². The lowest BCUT2D eigenvalue weighted by atomic mass is 10.1. The second-order valence-electron chi connectivity index (χ2n) is 8.29. The molecular weight excluding hydrogens is 547 g/mol. The Morgan fingerprint density at radius 3 is 2.33 bits per heavy atom. The number of nitrogens with zero attached hydrogens (tertiary/aromatic N) is 4. The van der Waals surface area contributed by atoms with E-state index in [4.69, 9.17) is 20.5 Å². The Hall–Kier alpha value is -2.44. The molecule has 2 heterocycles. The molecule has 0 fully saturated rings. The van der Waals surface area contributed by atoms with Gasteiger partial charge in [0.25, 0.3) is 5.56 Å². The van der Waals surface area contributed by atoms with Crippen LogP contribution in [0.5, 0.6) is 0 Å². The van der Waals surface area contributed by atoms with Gasteiger partial charge < -0.3 is 13.6 Å². The van der Waals surface area contributed by atoms with E-state index < -0.39 is 18.8 Å². The third kappa shape index (κ3) is 6.46. The van der Waals surface area contributed by atoms with Crippen LogP contribution in [0.4, 0.5) is 0 Å². The molecule has 1 aromatic carbocycles. The maximum Gasteiger partial charge on any atom is 0.333 e. The van der Waals surface area contributed by atoms with Crippen molar-refractivity contribution in [3.05, 3.63) is 61.0 Å². The Labute approximate surface area is 219 Å². The number of imidazole rings is 1. The van der Waals surface area contributed by atoms with Gasteiger partial charge >= 0.3 is 13.3 Å². The predicted octanol–water partition coefficient (Wildman–Crippen LogP) is 4.12. The van der Waals surface area contributed by atoms with E-state index in [9.17, 15) is 14.2 Å². The van der Waals surface area contributed by atoms with Crippen LogP contribution < -0.4 is 11.2 Å². The number of aromatic nitrogens is 4. The molecule has 0 N–H and O–H groups in total. The molecule has 194 valence electrons. The standard InChI is InChI=1S/C25H32BrN4O5P/c1-5-16-30-24(31)22-23(27-21(28(22)4)15-12-19-10-13-20(26)14-11-19)29(25(30)32)17-8-9-18-36(33,34-6-2)35-7-3/h1,10-11,13-14H,6-9,12,15-18H2,2-4H3. The van der Waals surface area contributed by atoms with Gasteiger partial charge in [-0.1, -0.05) is 34.0 Å². The number of fused-ring (bicyclic) bond motifs is 1. The SMILES string of the molecule is C#CCn1c(=O)c2c(nc(CCc3ccc(Br)cc3)n2C)n(CCCCP(=O)(OCC)OCC)c1=O. The molecule has 2 aromatic heterocycles. The molecule has 0 amide bonds. The first-order valence-corrected chi connectivity index (χ1v) is 14.5. The third-order valence-corrected chi connectivity index (χ3v) is 8.55. The summed E-state index contributed by atoms with van der Waals surface area (Å²) in [7, 11) is -1.38. The van der Waals surface area contributed by atoms with E-state index in [-0.39, 0.29) is 12.7 Å². The Balaban J connectivity index is 1.90. The summed E-state index contributed by atoms with van der Waals surface area (Å²) in [4.78, 5) is 31.1. The van der Waals surface area contributed by atoms with Crippen LogP contribution in [0.3, 0.4) is 0 Å². The average Bonchev–Trinajstić information content (AvgIpc) is 3.17. The zero-order valence-electron chi connectivity index (χ0n) is 20.9. The Morgan fingerprint density at radius 2 is 1.72 bits per heavy atom. The largest absolute Gasteiger partial charge is 0.333 e. The zero-order chi connectivity index (χ0) is 26.3. The first-order chi connectivity index (χ1) is 17.2. The summed E-state index contributed by atoms with van der Waals surface area (Å²) in [6.45, 7) is 4.30. The summed E-state index contributed by atoms with van der Waals surface area (Å²) in [6, 6.07) is 8.03. The van der Waals surface area contributed by atoms with Crippen LogP contribution in [0, 0.1) is 12.3 Å². The zero-order valence-corrected chi connectivity index (χ0v) is 23.4. The van der Waals surface area contributed by atoms with E-state index >= 15 is 0 Å². The lowest BCUT2D eigenvalue weighted by Gasteiger charge is -2.17. The van der Waals surface area contributed by atoms with Crippen LogP contribution >= 0.6 is 23.5 Å². The normalized spacial score (nSPS) is 11.8. The van der Waals surface area contributed by atoms with Gasteiger partial charge in [-0.15, -0.1) is 6.42 Å². The molecule has 0 bridgehead atoms. The second kappa shape index (κ2) is 12.7. The number of terminal acetylenes is 1. The van der Waals surface area contributed by atoms with E-state index in [0.29, 0.717) is 56.0 Å². The van der Waals surface area contributed by atoms with Crippen molar-refractivity contribution in [3.8, 4) is 12.3 Å². The van der Waals surface area contributed by atoms with E-state index in [1.54, 1.807) is 25.5 Å². The quantitative estimate of drug-likeness (QED) is 0.172. The van der Waals surface area contributed by atoms with Gasteiger partial charge in [0.1, 0.15) is 5.82 Å². The van der Waals surface area contributed by atoms with Crippen LogP contribution in [-0.4, -0.2) is 38.1 Å². The van der Waals surface area contributed by atoms with Crippen LogP contribution in [0.2, 0.25) is 0 Å². The lowest BCUT2D eigenvalue weighted by Crippen LogP contribution is -2.40. The molecule has 0 radical (unpaired) electrons. The summed E-state index contributed by atoms with van der Waals surface area (Å²) in [5.74, 6) is 3.10. The van der Waals surface area contributed by atoms with Gasteiger partial charge in [-0.25, -0.2) is 14.3 Å². The van der Waals surface area contributed by atoms with Gasteiger partial charge in [-0.3, -0.25) is 13.9 Å². The van der Waals surface area contributed by atoms with Crippen LogP contribution in [0.25, 0.3) is 11.2 Å². The highest BCUT2D eigenvalue weighted by atomic mass is 79.9. The Bertz CT molecular complexity index is 1390. The fourth-order valence-electron chi connectivity index (χ4n) is 4.11. The summed E-state index contributed by atoms with van der Waals surface area (Å²) < 4.78 is 28.8. The molecule has 0 atom stereocenters. The molecule has 0 aliphatic heterocycles. The highest BCUT2D eigenvalue weighted by Crippen LogP contribution is 2.48. The lowest BCUT2D eigenvalue weighted by molar-refractivity contribution is 0.219. The van der Waals surface area contributed by atoms with Crippen LogP contribution in [0.15, 0.2) is 38.3 Å². The minimum absolute atomic E-state index is 0.128. The molecule has 0 saturated heterocycles. The molecule has 36 heavy (non-hydrogen) atoms. The second-order valence-corrected chi connectivity index (χ2v) is 11.4. The summed E-state index contributed by atoms with van der Waals surface area (Å²) in [6.07, 6.45) is 8.06. The molecule has 0 unspecified atom stereocenters. The highest BCUT2D eigenvalue weighted by molar-refractivity contribution is 9.10. The summed E-state index contributed by atoms with van der Waals surface area (Å²) in [5.41, 5.74) is 0.863. The fourth-order valence-corrected chi connectivity index (χ4v) is 6.10. The fraction of sp³-hybridized carbons (Fsp3) is 0.480. The molecule has 9 nitrogen and oxygen atoms in total. The third-order valence-electron chi connectivity index (χ3n) is 5.85. The smallest absolute Gasteiger partial charge is 0.325 e. The maximum atomic E-state index is 13.2. The number of aryl methyl sites for hydroxylation is 4. The van der Waals surface area contributed by atoms with Crippen molar-refractivity contribution in [1.29, 1.82) is 0 Å². The van der Waals surface area contributed by atoms with Crippen molar-refractivity contribution >= 4 is 34.7 Å². The van der Waals surface area contributed by atoms with E-state index in [2.05, 4.69) is 21.9 Å². The van der Waals surface area contributed by atoms with E-state index in [0.717, 1.165) is 21.0 Å². The Kier molecular flexibility index (Phi) is 9.92. The van der Waals surface area contributed by atoms with Gasteiger partial charge in [-0.2, -0.15) is 0 Å². The molecule has 0 saturated carbocycles. The van der Waals surface area contributed by atoms with Gasteiger partial charge in [0.2, 0.25) is 0 Å². The molecule has 0 aliphatic carbocycles. The number of unbranched alkanes of at least 4 members (excludes halogenated alkanes) is 1. The van der Waals surface area contributed by atoms with Crippen molar-refractivity contribution in [2.24, 2.45) is 7.05 Å². The molecule has 11 heteroatoms. The average molecular weight is 579 g/mol. The van der Waals surface area contributed by atoms with Crippen molar-refractivity contribution < 1.29 is 13.6 Å². The predicted molar refractivity (Wildman–Crippen MR) is 145 cm³/mol. The minimum atomic E-state index is -3.17. The number of halogens is 1. The van der Waals surface area contributed by atoms with Crippen molar-refractivity contribution in [2.75, 3.05) is 19.4 Å². The Morgan fingerprint density at radius 1 is 1.06 bits per heavy atom. The number of benzene rings is 1. The van der Waals surface area contributed by atoms with Gasteiger partial charge in [0.05, 0.1) is 25.9 Å².